The maximum atomic E-state index is 12.7. The Morgan fingerprint density at radius 2 is 1.94 bits per heavy atom. The van der Waals surface area contributed by atoms with Crippen molar-refractivity contribution in [2.75, 3.05) is 11.9 Å². The molecule has 0 spiro atoms. The quantitative estimate of drug-likeness (QED) is 0.381. The third-order valence-electron chi connectivity index (χ3n) is 4.96. The highest BCUT2D eigenvalue weighted by Gasteiger charge is 2.35. The highest BCUT2D eigenvalue weighted by molar-refractivity contribution is 9.10. The molecule has 1 fully saturated rings. The van der Waals surface area contributed by atoms with Gasteiger partial charge in [-0.15, -0.1) is 0 Å². The Labute approximate surface area is 193 Å². The maximum Gasteiger partial charge on any atom is 0.329 e. The summed E-state index contributed by atoms with van der Waals surface area (Å²) >= 11 is 3.42. The Morgan fingerprint density at radius 3 is 2.72 bits per heavy atom. The number of anilines is 1. The van der Waals surface area contributed by atoms with Gasteiger partial charge in [0.2, 0.25) is 5.91 Å². The minimum atomic E-state index is -0.654. The summed E-state index contributed by atoms with van der Waals surface area (Å²) in [6, 6.07) is 17.9. The Hall–Kier alpha value is -3.65. The Morgan fingerprint density at radius 1 is 1.12 bits per heavy atom. The minimum Gasteiger partial charge on any atom is -0.457 e. The van der Waals surface area contributed by atoms with Crippen molar-refractivity contribution >= 4 is 45.5 Å². The van der Waals surface area contributed by atoms with E-state index in [1.54, 1.807) is 18.2 Å². The van der Waals surface area contributed by atoms with Crippen LogP contribution in [-0.4, -0.2) is 29.3 Å². The summed E-state index contributed by atoms with van der Waals surface area (Å²) < 4.78 is 6.71. The number of aryl methyl sites for hydroxylation is 1. The molecule has 2 aromatic carbocycles. The fourth-order valence-corrected chi connectivity index (χ4v) is 3.77. The highest BCUT2D eigenvalue weighted by Crippen LogP contribution is 2.26. The fraction of sp³-hybridized carbons (Fsp3) is 0.125. The van der Waals surface area contributed by atoms with Crippen LogP contribution in [0.5, 0.6) is 0 Å². The summed E-state index contributed by atoms with van der Waals surface area (Å²) in [6.07, 6.45) is 2.20. The van der Waals surface area contributed by atoms with Crippen molar-refractivity contribution in [1.29, 1.82) is 0 Å². The van der Waals surface area contributed by atoms with Gasteiger partial charge in [0.15, 0.2) is 0 Å². The summed E-state index contributed by atoms with van der Waals surface area (Å²) in [4.78, 5) is 38.3. The van der Waals surface area contributed by atoms with Crippen molar-refractivity contribution in [3.8, 4) is 11.3 Å². The van der Waals surface area contributed by atoms with Gasteiger partial charge in [-0.2, -0.15) is 0 Å². The molecule has 2 N–H and O–H groups in total. The number of imide groups is 1. The molecule has 0 atom stereocenters. The topological polar surface area (TPSA) is 91.7 Å². The SMILES string of the molecule is CCc1ccccc1NC(=O)CN1C(=O)N/C(=C/c2ccc(-c3cccc(Br)c3)o2)C1=O. The first kappa shape index (κ1) is 21.6. The van der Waals surface area contributed by atoms with E-state index in [9.17, 15) is 14.4 Å². The molecule has 1 saturated heterocycles. The molecule has 0 unspecified atom stereocenters. The second-order valence-corrected chi connectivity index (χ2v) is 8.07. The normalized spacial score (nSPS) is 14.7. The number of rotatable bonds is 6. The number of amides is 4. The van der Waals surface area contributed by atoms with Gasteiger partial charge in [0, 0.05) is 21.8 Å². The van der Waals surface area contributed by atoms with Crippen LogP contribution in [0.15, 0.2) is 75.3 Å². The van der Waals surface area contributed by atoms with Crippen LogP contribution in [0.4, 0.5) is 10.5 Å². The van der Waals surface area contributed by atoms with Gasteiger partial charge in [0.1, 0.15) is 23.8 Å². The van der Waals surface area contributed by atoms with Crippen molar-refractivity contribution in [1.82, 2.24) is 10.2 Å². The van der Waals surface area contributed by atoms with E-state index in [1.165, 1.54) is 6.08 Å². The zero-order valence-electron chi connectivity index (χ0n) is 17.2. The summed E-state index contributed by atoms with van der Waals surface area (Å²) in [5.41, 5.74) is 2.56. The minimum absolute atomic E-state index is 0.0481. The number of carbonyl (C=O) groups excluding carboxylic acids is 3. The smallest absolute Gasteiger partial charge is 0.329 e. The zero-order valence-corrected chi connectivity index (χ0v) is 18.8. The molecular formula is C24H20BrN3O4. The average Bonchev–Trinajstić information content (AvgIpc) is 3.34. The number of urea groups is 1. The van der Waals surface area contributed by atoms with Crippen molar-refractivity contribution < 1.29 is 18.8 Å². The molecule has 4 rings (SSSR count). The van der Waals surface area contributed by atoms with Crippen LogP contribution in [0.25, 0.3) is 17.4 Å². The zero-order chi connectivity index (χ0) is 22.7. The molecule has 0 saturated carbocycles. The van der Waals surface area contributed by atoms with Crippen LogP contribution in [0.3, 0.4) is 0 Å². The first-order valence-corrected chi connectivity index (χ1v) is 10.8. The molecule has 32 heavy (non-hydrogen) atoms. The van der Waals surface area contributed by atoms with E-state index in [4.69, 9.17) is 4.42 Å². The number of para-hydroxylation sites is 1. The fourth-order valence-electron chi connectivity index (χ4n) is 3.37. The maximum absolute atomic E-state index is 12.7. The van der Waals surface area contributed by atoms with Gasteiger partial charge < -0.3 is 15.1 Å². The van der Waals surface area contributed by atoms with E-state index in [-0.39, 0.29) is 12.2 Å². The van der Waals surface area contributed by atoms with E-state index < -0.39 is 17.8 Å². The molecule has 0 radical (unpaired) electrons. The largest absolute Gasteiger partial charge is 0.457 e. The average molecular weight is 494 g/mol. The van der Waals surface area contributed by atoms with E-state index >= 15 is 0 Å². The molecule has 1 aliphatic heterocycles. The molecule has 4 amide bonds. The predicted molar refractivity (Wildman–Crippen MR) is 125 cm³/mol. The summed E-state index contributed by atoms with van der Waals surface area (Å²) in [7, 11) is 0. The molecule has 7 nitrogen and oxygen atoms in total. The lowest BCUT2D eigenvalue weighted by molar-refractivity contribution is -0.127. The third-order valence-corrected chi connectivity index (χ3v) is 5.45. The lowest BCUT2D eigenvalue weighted by atomic mass is 10.1. The van der Waals surface area contributed by atoms with E-state index in [2.05, 4.69) is 26.6 Å². The number of hydrogen-bond donors (Lipinski definition) is 2. The molecule has 0 bridgehead atoms. The lowest BCUT2D eigenvalue weighted by Gasteiger charge is -2.13. The molecule has 3 aromatic rings. The van der Waals surface area contributed by atoms with Gasteiger partial charge in [-0.25, -0.2) is 9.69 Å². The van der Waals surface area contributed by atoms with E-state index in [0.29, 0.717) is 17.2 Å². The van der Waals surface area contributed by atoms with Gasteiger partial charge in [0.05, 0.1) is 0 Å². The summed E-state index contributed by atoms with van der Waals surface area (Å²) in [5, 5.41) is 5.27. The second-order valence-electron chi connectivity index (χ2n) is 7.15. The molecule has 2 heterocycles. The van der Waals surface area contributed by atoms with Crippen LogP contribution in [0.1, 0.15) is 18.2 Å². The van der Waals surface area contributed by atoms with Crippen LogP contribution in [0.2, 0.25) is 0 Å². The molecule has 0 aliphatic carbocycles. The Bertz CT molecular complexity index is 1230. The monoisotopic (exact) mass is 493 g/mol. The Kier molecular flexibility index (Phi) is 6.23. The number of nitrogens with zero attached hydrogens (tertiary/aromatic N) is 1. The van der Waals surface area contributed by atoms with Gasteiger partial charge >= 0.3 is 6.03 Å². The number of halogens is 1. The summed E-state index contributed by atoms with van der Waals surface area (Å²) in [6.45, 7) is 1.59. The van der Waals surface area contributed by atoms with Crippen molar-refractivity contribution in [3.05, 3.63) is 82.2 Å². The van der Waals surface area contributed by atoms with Crippen LogP contribution >= 0.6 is 15.9 Å². The van der Waals surface area contributed by atoms with Crippen LogP contribution in [-0.2, 0) is 16.0 Å². The molecule has 8 heteroatoms. The van der Waals surface area contributed by atoms with Gasteiger partial charge in [-0.05, 0) is 42.3 Å². The molecule has 162 valence electrons. The van der Waals surface area contributed by atoms with Gasteiger partial charge in [0.25, 0.3) is 5.91 Å². The van der Waals surface area contributed by atoms with Crippen molar-refractivity contribution in [3.63, 3.8) is 0 Å². The first-order valence-electron chi connectivity index (χ1n) is 10.0. The Balaban J connectivity index is 1.46. The lowest BCUT2D eigenvalue weighted by Crippen LogP contribution is -2.38. The number of benzene rings is 2. The molecule has 1 aliphatic rings. The highest BCUT2D eigenvalue weighted by atomic mass is 79.9. The number of carbonyl (C=O) groups is 3. The van der Waals surface area contributed by atoms with Crippen LogP contribution < -0.4 is 10.6 Å². The summed E-state index contributed by atoms with van der Waals surface area (Å²) in [5.74, 6) is -0.00697. The van der Waals surface area contributed by atoms with Crippen molar-refractivity contribution in [2.45, 2.75) is 13.3 Å². The number of hydrogen-bond acceptors (Lipinski definition) is 4. The third kappa shape index (κ3) is 4.65. The second kappa shape index (κ2) is 9.23. The van der Waals surface area contributed by atoms with Gasteiger partial charge in [-0.1, -0.05) is 53.2 Å². The van der Waals surface area contributed by atoms with E-state index in [0.717, 1.165) is 26.9 Å². The van der Waals surface area contributed by atoms with E-state index in [1.807, 2.05) is 49.4 Å². The standard InChI is InChI=1S/C24H20BrN3O4/c1-2-15-6-3-4-9-19(15)26-22(29)14-28-23(30)20(27-24(28)31)13-18-10-11-21(32-18)16-7-5-8-17(25)12-16/h3-13H,2,14H2,1H3,(H,26,29)(H,27,31)/b20-13+. The van der Waals surface area contributed by atoms with Gasteiger partial charge in [-0.3, -0.25) is 9.59 Å². The molecule has 1 aromatic heterocycles. The van der Waals surface area contributed by atoms with Crippen molar-refractivity contribution in [2.24, 2.45) is 0 Å². The number of furan rings is 1. The number of nitrogens with one attached hydrogen (secondary N) is 2. The first-order chi connectivity index (χ1) is 15.4. The molecular weight excluding hydrogens is 474 g/mol. The van der Waals surface area contributed by atoms with Crippen LogP contribution in [0, 0.1) is 0 Å². The predicted octanol–water partition coefficient (Wildman–Crippen LogP) is 4.80.